The molecule has 0 spiro atoms. The smallest absolute Gasteiger partial charge is 0.328 e. The summed E-state index contributed by atoms with van der Waals surface area (Å²) < 4.78 is 5.06. The highest BCUT2D eigenvalue weighted by Crippen LogP contribution is 2.15. The molecule has 1 aliphatic rings. The van der Waals surface area contributed by atoms with Gasteiger partial charge in [0.15, 0.2) is 11.7 Å². The topological polar surface area (TPSA) is 106 Å². The summed E-state index contributed by atoms with van der Waals surface area (Å²) in [6.07, 6.45) is 1.44. The number of nitrogen functional groups attached to an aromatic ring is 1. The molecule has 1 amide bonds. The van der Waals surface area contributed by atoms with Gasteiger partial charge in [-0.1, -0.05) is 0 Å². The van der Waals surface area contributed by atoms with Gasteiger partial charge in [0.05, 0.1) is 18.9 Å². The average molecular weight is 251 g/mol. The molecule has 0 radical (unpaired) electrons. The molecule has 1 aliphatic heterocycles. The van der Waals surface area contributed by atoms with E-state index in [-0.39, 0.29) is 24.5 Å². The molecule has 0 aromatic carbocycles. The number of morpholine rings is 1. The van der Waals surface area contributed by atoms with E-state index in [4.69, 9.17) is 15.6 Å². The molecule has 0 saturated carbocycles. The first-order chi connectivity index (χ1) is 8.61. The number of nitrogens with two attached hydrogens (primary N) is 1. The monoisotopic (exact) mass is 251 g/mol. The molecule has 96 valence electrons. The minimum atomic E-state index is -1.10. The summed E-state index contributed by atoms with van der Waals surface area (Å²) in [5, 5.41) is 9.05. The highest BCUT2D eigenvalue weighted by molar-refractivity contribution is 5.99. The van der Waals surface area contributed by atoms with E-state index in [1.807, 2.05) is 0 Å². The molecule has 1 unspecified atom stereocenters. The summed E-state index contributed by atoms with van der Waals surface area (Å²) in [5.41, 5.74) is 5.97. The van der Waals surface area contributed by atoms with Crippen LogP contribution in [-0.4, -0.2) is 52.7 Å². The van der Waals surface area contributed by atoms with Crippen molar-refractivity contribution in [2.45, 2.75) is 6.04 Å². The molecule has 0 bridgehead atoms. The number of carboxylic acids is 1. The number of rotatable bonds is 2. The van der Waals surface area contributed by atoms with Crippen molar-refractivity contribution in [1.29, 1.82) is 0 Å². The maximum Gasteiger partial charge on any atom is 0.328 e. The lowest BCUT2D eigenvalue weighted by Gasteiger charge is -2.32. The van der Waals surface area contributed by atoms with Crippen LogP contribution in [0.5, 0.6) is 0 Å². The molecule has 3 N–H and O–H groups in total. The van der Waals surface area contributed by atoms with E-state index in [9.17, 15) is 9.59 Å². The first-order valence-electron chi connectivity index (χ1n) is 5.43. The number of carbonyl (C=O) groups excluding carboxylic acids is 1. The molecule has 2 heterocycles. The third-order valence-corrected chi connectivity index (χ3v) is 2.72. The van der Waals surface area contributed by atoms with Crippen molar-refractivity contribution in [3.8, 4) is 0 Å². The Morgan fingerprint density at radius 3 is 3.00 bits per heavy atom. The molecular weight excluding hydrogens is 238 g/mol. The highest BCUT2D eigenvalue weighted by Gasteiger charge is 2.34. The fourth-order valence-corrected chi connectivity index (χ4v) is 1.78. The number of pyridine rings is 1. The first kappa shape index (κ1) is 12.3. The predicted octanol–water partition coefficient (Wildman–Crippen LogP) is -0.411. The zero-order valence-electron chi connectivity index (χ0n) is 9.57. The molecule has 1 fully saturated rings. The fraction of sp³-hybridized carbons (Fsp3) is 0.364. The number of aromatic nitrogens is 1. The van der Waals surface area contributed by atoms with Crippen LogP contribution in [0.3, 0.4) is 0 Å². The van der Waals surface area contributed by atoms with Crippen molar-refractivity contribution in [2.75, 3.05) is 25.5 Å². The number of nitrogens with zero attached hydrogens (tertiary/aromatic N) is 2. The number of ether oxygens (including phenoxy) is 1. The maximum atomic E-state index is 12.2. The Hall–Kier alpha value is -2.15. The molecule has 7 heteroatoms. The van der Waals surface area contributed by atoms with Crippen LogP contribution in [-0.2, 0) is 9.53 Å². The van der Waals surface area contributed by atoms with Crippen molar-refractivity contribution in [2.24, 2.45) is 0 Å². The van der Waals surface area contributed by atoms with Gasteiger partial charge >= 0.3 is 5.97 Å². The summed E-state index contributed by atoms with van der Waals surface area (Å²) in [6.45, 7) is 0.502. The van der Waals surface area contributed by atoms with Crippen LogP contribution >= 0.6 is 0 Å². The van der Waals surface area contributed by atoms with Crippen LogP contribution in [0.15, 0.2) is 18.3 Å². The van der Waals surface area contributed by atoms with E-state index in [2.05, 4.69) is 4.98 Å². The third-order valence-electron chi connectivity index (χ3n) is 2.72. The molecule has 1 saturated heterocycles. The Kier molecular flexibility index (Phi) is 3.42. The van der Waals surface area contributed by atoms with E-state index in [0.29, 0.717) is 6.61 Å². The van der Waals surface area contributed by atoms with Gasteiger partial charge in [-0.25, -0.2) is 9.78 Å². The second-order valence-electron chi connectivity index (χ2n) is 3.87. The summed E-state index contributed by atoms with van der Waals surface area (Å²) in [7, 11) is 0. The summed E-state index contributed by atoms with van der Waals surface area (Å²) >= 11 is 0. The lowest BCUT2D eigenvalue weighted by Crippen LogP contribution is -2.52. The van der Waals surface area contributed by atoms with Gasteiger partial charge in [-0.05, 0) is 12.1 Å². The Morgan fingerprint density at radius 2 is 2.33 bits per heavy atom. The Bertz CT molecular complexity index is 477. The Labute approximate surface area is 103 Å². The lowest BCUT2D eigenvalue weighted by atomic mass is 10.2. The van der Waals surface area contributed by atoms with E-state index in [1.165, 1.54) is 11.1 Å². The number of amides is 1. The van der Waals surface area contributed by atoms with Crippen LogP contribution in [0.2, 0.25) is 0 Å². The van der Waals surface area contributed by atoms with Crippen LogP contribution in [0.25, 0.3) is 0 Å². The fourth-order valence-electron chi connectivity index (χ4n) is 1.78. The zero-order valence-corrected chi connectivity index (χ0v) is 9.57. The predicted molar refractivity (Wildman–Crippen MR) is 61.9 cm³/mol. The SMILES string of the molecule is Nc1cccnc1C(=O)N1CCOCC1C(=O)O. The van der Waals surface area contributed by atoms with Crippen LogP contribution in [0.4, 0.5) is 5.69 Å². The first-order valence-corrected chi connectivity index (χ1v) is 5.43. The Morgan fingerprint density at radius 1 is 1.56 bits per heavy atom. The average Bonchev–Trinajstić information content (AvgIpc) is 2.38. The minimum Gasteiger partial charge on any atom is -0.480 e. The van der Waals surface area contributed by atoms with Gasteiger partial charge in [-0.15, -0.1) is 0 Å². The Balaban J connectivity index is 2.27. The minimum absolute atomic E-state index is 0.0200. The van der Waals surface area contributed by atoms with Gasteiger partial charge in [0.1, 0.15) is 0 Å². The van der Waals surface area contributed by atoms with Gasteiger partial charge in [0, 0.05) is 12.7 Å². The lowest BCUT2D eigenvalue weighted by molar-refractivity contribution is -0.147. The number of anilines is 1. The number of carboxylic acid groups (broad SMARTS) is 1. The van der Waals surface area contributed by atoms with Crippen molar-refractivity contribution in [3.05, 3.63) is 24.0 Å². The standard InChI is InChI=1S/C11H13N3O4/c12-7-2-1-3-13-9(7)10(15)14-4-5-18-6-8(14)11(16)17/h1-3,8H,4-6,12H2,(H,16,17). The molecule has 7 nitrogen and oxygen atoms in total. The third kappa shape index (κ3) is 2.25. The van der Waals surface area contributed by atoms with Crippen molar-refractivity contribution >= 4 is 17.6 Å². The van der Waals surface area contributed by atoms with Crippen molar-refractivity contribution < 1.29 is 19.4 Å². The second-order valence-corrected chi connectivity index (χ2v) is 3.87. The van der Waals surface area contributed by atoms with E-state index < -0.39 is 17.9 Å². The maximum absolute atomic E-state index is 12.2. The normalized spacial score (nSPS) is 19.6. The van der Waals surface area contributed by atoms with Gasteiger partial charge in [0.2, 0.25) is 0 Å². The summed E-state index contributed by atoms with van der Waals surface area (Å²) in [4.78, 5) is 28.4. The molecule has 18 heavy (non-hydrogen) atoms. The van der Waals surface area contributed by atoms with Crippen LogP contribution in [0.1, 0.15) is 10.5 Å². The number of hydrogen-bond acceptors (Lipinski definition) is 5. The number of carbonyl (C=O) groups is 2. The van der Waals surface area contributed by atoms with Gasteiger partial charge in [-0.2, -0.15) is 0 Å². The zero-order chi connectivity index (χ0) is 13.1. The van der Waals surface area contributed by atoms with Crippen LogP contribution < -0.4 is 5.73 Å². The molecule has 0 aliphatic carbocycles. The van der Waals surface area contributed by atoms with E-state index in [0.717, 1.165) is 0 Å². The van der Waals surface area contributed by atoms with E-state index in [1.54, 1.807) is 12.1 Å². The highest BCUT2D eigenvalue weighted by atomic mass is 16.5. The van der Waals surface area contributed by atoms with Gasteiger partial charge in [0.25, 0.3) is 5.91 Å². The molecule has 1 aromatic rings. The molecule has 1 atom stereocenters. The van der Waals surface area contributed by atoms with Crippen molar-refractivity contribution in [3.63, 3.8) is 0 Å². The summed E-state index contributed by atoms with van der Waals surface area (Å²) in [6, 6.07) is 2.17. The van der Waals surface area contributed by atoms with Crippen molar-refractivity contribution in [1.82, 2.24) is 9.88 Å². The largest absolute Gasteiger partial charge is 0.480 e. The van der Waals surface area contributed by atoms with Gasteiger partial charge < -0.3 is 20.5 Å². The summed E-state index contributed by atoms with van der Waals surface area (Å²) in [5.74, 6) is -1.58. The number of hydrogen-bond donors (Lipinski definition) is 2. The van der Waals surface area contributed by atoms with Gasteiger partial charge in [-0.3, -0.25) is 4.79 Å². The number of aliphatic carboxylic acids is 1. The van der Waals surface area contributed by atoms with Crippen LogP contribution in [0, 0.1) is 0 Å². The molecular formula is C11H13N3O4. The quantitative estimate of drug-likeness (QED) is 0.740. The molecule has 1 aromatic heterocycles. The second kappa shape index (κ2) is 5.01. The molecule has 2 rings (SSSR count). The van der Waals surface area contributed by atoms with E-state index >= 15 is 0 Å².